The third kappa shape index (κ3) is 3.97. The fourth-order valence-electron chi connectivity index (χ4n) is 3.20. The molecule has 0 saturated heterocycles. The average molecular weight is 347 g/mol. The smallest absolute Gasteiger partial charge is 0.419 e. The lowest BCUT2D eigenvalue weighted by atomic mass is 10.1. The predicted molar refractivity (Wildman–Crippen MR) is 95.9 cm³/mol. The highest BCUT2D eigenvalue weighted by Gasteiger charge is 2.30. The van der Waals surface area contributed by atoms with Gasteiger partial charge in [0.15, 0.2) is 5.58 Å². The second-order valence-electron chi connectivity index (χ2n) is 7.54. The molecule has 1 amide bonds. The minimum atomic E-state index is -0.511. The van der Waals surface area contributed by atoms with Gasteiger partial charge in [-0.1, -0.05) is 0 Å². The molecule has 2 N–H and O–H groups in total. The summed E-state index contributed by atoms with van der Waals surface area (Å²) in [5.74, 6) is -0.377. The summed E-state index contributed by atoms with van der Waals surface area (Å²) in [6.45, 7) is 5.55. The highest BCUT2D eigenvalue weighted by atomic mass is 16.6. The van der Waals surface area contributed by atoms with E-state index in [0.29, 0.717) is 5.58 Å². The van der Waals surface area contributed by atoms with Gasteiger partial charge in [0, 0.05) is 18.8 Å². The summed E-state index contributed by atoms with van der Waals surface area (Å²) < 4.78 is 12.0. The van der Waals surface area contributed by atoms with Crippen LogP contribution in [0.4, 0.5) is 10.5 Å². The van der Waals surface area contributed by atoms with Crippen molar-refractivity contribution < 1.29 is 13.9 Å². The minimum Gasteiger partial charge on any atom is -0.444 e. The fraction of sp³-hybridized carbons (Fsp3) is 0.556. The Kier molecular flexibility index (Phi) is 4.49. The number of amides is 1. The number of anilines is 1. The second-order valence-corrected chi connectivity index (χ2v) is 7.54. The quantitative estimate of drug-likeness (QED) is 0.891. The van der Waals surface area contributed by atoms with Crippen LogP contribution in [0.15, 0.2) is 27.4 Å². The Bertz CT molecular complexity index is 831. The molecule has 1 aromatic heterocycles. The summed E-state index contributed by atoms with van der Waals surface area (Å²) in [6.07, 6.45) is 2.51. The zero-order valence-electron chi connectivity index (χ0n) is 15.1. The molecule has 0 bridgehead atoms. The van der Waals surface area contributed by atoms with E-state index in [1.54, 1.807) is 13.1 Å². The number of nitrogens with one attached hydrogen (secondary N) is 2. The van der Waals surface area contributed by atoms with Crippen molar-refractivity contribution in [1.82, 2.24) is 9.88 Å². The standard InChI is InChI=1S/C18H25N3O4/c1-18(2,3)25-16(22)20-13-7-5-6-12(13)19-11-8-9-15-14(10-11)21(4)17(23)24-15/h8-10,12-13,19H,5-7H2,1-4H3,(H,20,22). The van der Waals surface area contributed by atoms with Gasteiger partial charge in [-0.2, -0.15) is 0 Å². The molecule has 0 radical (unpaired) electrons. The van der Waals surface area contributed by atoms with Gasteiger partial charge in [-0.05, 0) is 58.2 Å². The van der Waals surface area contributed by atoms with Crippen LogP contribution in [0.25, 0.3) is 11.1 Å². The van der Waals surface area contributed by atoms with Crippen molar-refractivity contribution >= 4 is 22.9 Å². The van der Waals surface area contributed by atoms with Crippen molar-refractivity contribution in [3.63, 3.8) is 0 Å². The van der Waals surface area contributed by atoms with Gasteiger partial charge in [-0.15, -0.1) is 0 Å². The molecule has 1 fully saturated rings. The Morgan fingerprint density at radius 2 is 2.00 bits per heavy atom. The van der Waals surface area contributed by atoms with E-state index in [1.807, 2.05) is 32.9 Å². The number of carbonyl (C=O) groups is 1. The van der Waals surface area contributed by atoms with Crippen LogP contribution in [0.5, 0.6) is 0 Å². The maximum Gasteiger partial charge on any atom is 0.419 e. The first kappa shape index (κ1) is 17.4. The van der Waals surface area contributed by atoms with Gasteiger partial charge < -0.3 is 19.8 Å². The lowest BCUT2D eigenvalue weighted by Crippen LogP contribution is -2.45. The van der Waals surface area contributed by atoms with Crippen molar-refractivity contribution in [2.75, 3.05) is 5.32 Å². The molecule has 2 unspecified atom stereocenters. The second kappa shape index (κ2) is 6.46. The average Bonchev–Trinajstić information content (AvgIpc) is 3.03. The van der Waals surface area contributed by atoms with Crippen molar-refractivity contribution in [1.29, 1.82) is 0 Å². The molecular formula is C18H25N3O4. The molecule has 0 spiro atoms. The lowest BCUT2D eigenvalue weighted by Gasteiger charge is -2.26. The van der Waals surface area contributed by atoms with Crippen molar-refractivity contribution in [2.45, 2.75) is 57.7 Å². The van der Waals surface area contributed by atoms with Gasteiger partial charge in [0.25, 0.3) is 0 Å². The first-order valence-electron chi connectivity index (χ1n) is 8.58. The van der Waals surface area contributed by atoms with E-state index in [1.165, 1.54) is 4.57 Å². The van der Waals surface area contributed by atoms with Gasteiger partial charge in [0.2, 0.25) is 0 Å². The van der Waals surface area contributed by atoms with Gasteiger partial charge in [-0.25, -0.2) is 9.59 Å². The van der Waals surface area contributed by atoms with Crippen molar-refractivity contribution in [2.24, 2.45) is 7.05 Å². The van der Waals surface area contributed by atoms with Crippen molar-refractivity contribution in [3.8, 4) is 0 Å². The maximum absolute atomic E-state index is 12.0. The molecule has 1 aliphatic rings. The third-order valence-corrected chi connectivity index (χ3v) is 4.36. The monoisotopic (exact) mass is 347 g/mol. The van der Waals surface area contributed by atoms with Crippen LogP contribution in [-0.2, 0) is 11.8 Å². The molecular weight excluding hydrogens is 322 g/mol. The summed E-state index contributed by atoms with van der Waals surface area (Å²) >= 11 is 0. The van der Waals surface area contributed by atoms with Crippen LogP contribution in [0, 0.1) is 0 Å². The molecule has 2 aromatic rings. The number of rotatable bonds is 3. The normalized spacial score (nSPS) is 20.6. The number of hydrogen-bond donors (Lipinski definition) is 2. The number of benzene rings is 1. The highest BCUT2D eigenvalue weighted by Crippen LogP contribution is 2.25. The Labute approximate surface area is 146 Å². The molecule has 1 heterocycles. The molecule has 1 aliphatic carbocycles. The Morgan fingerprint density at radius 1 is 1.28 bits per heavy atom. The van der Waals surface area contributed by atoms with E-state index in [0.717, 1.165) is 30.5 Å². The Balaban J connectivity index is 1.70. The molecule has 1 saturated carbocycles. The van der Waals surface area contributed by atoms with Crippen LogP contribution in [-0.4, -0.2) is 28.3 Å². The highest BCUT2D eigenvalue weighted by molar-refractivity contribution is 5.77. The zero-order valence-corrected chi connectivity index (χ0v) is 15.1. The number of aryl methyl sites for hydroxylation is 1. The summed E-state index contributed by atoms with van der Waals surface area (Å²) in [4.78, 5) is 23.6. The zero-order chi connectivity index (χ0) is 18.2. The van der Waals surface area contributed by atoms with Gasteiger partial charge >= 0.3 is 11.8 Å². The van der Waals surface area contributed by atoms with E-state index in [9.17, 15) is 9.59 Å². The molecule has 136 valence electrons. The lowest BCUT2D eigenvalue weighted by molar-refractivity contribution is 0.0503. The number of oxazole rings is 1. The fourth-order valence-corrected chi connectivity index (χ4v) is 3.20. The van der Waals surface area contributed by atoms with Gasteiger partial charge in [0.05, 0.1) is 11.6 Å². The maximum atomic E-state index is 12.0. The molecule has 25 heavy (non-hydrogen) atoms. The van der Waals surface area contributed by atoms with Crippen LogP contribution in [0.3, 0.4) is 0 Å². The van der Waals surface area contributed by atoms with E-state index in [-0.39, 0.29) is 23.9 Å². The number of ether oxygens (including phenoxy) is 1. The number of alkyl carbamates (subject to hydrolysis) is 1. The minimum absolute atomic E-state index is 0.0127. The summed E-state index contributed by atoms with van der Waals surface area (Å²) in [5.41, 5.74) is 1.69. The first-order valence-corrected chi connectivity index (χ1v) is 8.58. The predicted octanol–water partition coefficient (Wildman–Crippen LogP) is 2.99. The molecule has 0 aliphatic heterocycles. The molecule has 3 rings (SSSR count). The molecule has 1 aromatic carbocycles. The van der Waals surface area contributed by atoms with E-state index in [4.69, 9.17) is 9.15 Å². The molecule has 7 nitrogen and oxygen atoms in total. The summed E-state index contributed by atoms with van der Waals surface area (Å²) in [6, 6.07) is 5.69. The number of nitrogens with zero attached hydrogens (tertiary/aromatic N) is 1. The van der Waals surface area contributed by atoms with Crippen LogP contribution < -0.4 is 16.4 Å². The van der Waals surface area contributed by atoms with Crippen LogP contribution in [0.1, 0.15) is 40.0 Å². The third-order valence-electron chi connectivity index (χ3n) is 4.36. The van der Waals surface area contributed by atoms with Crippen molar-refractivity contribution in [3.05, 3.63) is 28.7 Å². The summed E-state index contributed by atoms with van der Waals surface area (Å²) in [5, 5.41) is 6.42. The molecule has 7 heteroatoms. The van der Waals surface area contributed by atoms with Crippen LogP contribution >= 0.6 is 0 Å². The number of hydrogen-bond acceptors (Lipinski definition) is 5. The largest absolute Gasteiger partial charge is 0.444 e. The Morgan fingerprint density at radius 3 is 2.72 bits per heavy atom. The van der Waals surface area contributed by atoms with Gasteiger partial charge in [0.1, 0.15) is 5.60 Å². The van der Waals surface area contributed by atoms with Crippen LogP contribution in [0.2, 0.25) is 0 Å². The van der Waals surface area contributed by atoms with E-state index >= 15 is 0 Å². The van der Waals surface area contributed by atoms with Gasteiger partial charge in [-0.3, -0.25) is 4.57 Å². The number of carbonyl (C=O) groups excluding carboxylic acids is 1. The molecule has 2 atom stereocenters. The van der Waals surface area contributed by atoms with E-state index < -0.39 is 5.60 Å². The number of fused-ring (bicyclic) bond motifs is 1. The van der Waals surface area contributed by atoms with E-state index in [2.05, 4.69) is 10.6 Å². The first-order chi connectivity index (χ1) is 11.7. The summed E-state index contributed by atoms with van der Waals surface area (Å²) in [7, 11) is 1.68. The Hall–Kier alpha value is -2.44. The SMILES string of the molecule is Cn1c(=O)oc2ccc(NC3CCCC3NC(=O)OC(C)(C)C)cc21. The topological polar surface area (TPSA) is 85.5 Å². The number of aromatic nitrogens is 1.